The molecule has 0 aliphatic heterocycles. The molecule has 1 heterocycles. The van der Waals surface area contributed by atoms with Gasteiger partial charge >= 0.3 is 0 Å². The number of aromatic nitrogens is 2. The Morgan fingerprint density at radius 2 is 2.28 bits per heavy atom. The summed E-state index contributed by atoms with van der Waals surface area (Å²) in [5, 5.41) is 12.9. The lowest BCUT2D eigenvalue weighted by Crippen LogP contribution is -2.22. The SMILES string of the molecule is CC(NCCc1nccn1C)c1cccc(O)c1. The van der Waals surface area contributed by atoms with Crippen molar-refractivity contribution in [1.82, 2.24) is 14.9 Å². The summed E-state index contributed by atoms with van der Waals surface area (Å²) in [5.41, 5.74) is 1.09. The zero-order chi connectivity index (χ0) is 13.0. The van der Waals surface area contributed by atoms with E-state index in [9.17, 15) is 5.11 Å². The number of nitrogens with one attached hydrogen (secondary N) is 1. The number of benzene rings is 1. The summed E-state index contributed by atoms with van der Waals surface area (Å²) in [5.74, 6) is 1.39. The summed E-state index contributed by atoms with van der Waals surface area (Å²) < 4.78 is 2.03. The Balaban J connectivity index is 1.85. The first-order chi connectivity index (χ1) is 8.66. The number of aryl methyl sites for hydroxylation is 1. The van der Waals surface area contributed by atoms with Gasteiger partial charge in [0.1, 0.15) is 11.6 Å². The van der Waals surface area contributed by atoms with Gasteiger partial charge in [0.15, 0.2) is 0 Å². The molecule has 0 bridgehead atoms. The number of aromatic hydroxyl groups is 1. The van der Waals surface area contributed by atoms with E-state index in [0.29, 0.717) is 5.75 Å². The summed E-state index contributed by atoms with van der Waals surface area (Å²) in [6, 6.07) is 7.57. The van der Waals surface area contributed by atoms with Crippen molar-refractivity contribution in [3.63, 3.8) is 0 Å². The van der Waals surface area contributed by atoms with Crippen LogP contribution in [0, 0.1) is 0 Å². The number of hydrogen-bond acceptors (Lipinski definition) is 3. The van der Waals surface area contributed by atoms with Gasteiger partial charge in [-0.3, -0.25) is 0 Å². The molecule has 1 aromatic carbocycles. The topological polar surface area (TPSA) is 50.1 Å². The summed E-state index contributed by atoms with van der Waals surface area (Å²) >= 11 is 0. The highest BCUT2D eigenvalue weighted by molar-refractivity contribution is 5.28. The minimum Gasteiger partial charge on any atom is -0.508 e. The van der Waals surface area contributed by atoms with Crippen LogP contribution in [0.4, 0.5) is 0 Å². The number of phenols is 1. The Labute approximate surface area is 107 Å². The van der Waals surface area contributed by atoms with Crippen molar-refractivity contribution < 1.29 is 5.11 Å². The van der Waals surface area contributed by atoms with Crippen molar-refractivity contribution in [1.29, 1.82) is 0 Å². The van der Waals surface area contributed by atoms with Crippen LogP contribution in [0.1, 0.15) is 24.4 Å². The molecule has 1 atom stereocenters. The van der Waals surface area contributed by atoms with Crippen LogP contribution in [0.25, 0.3) is 0 Å². The van der Waals surface area contributed by atoms with E-state index in [2.05, 4.69) is 17.2 Å². The molecule has 4 heteroatoms. The number of nitrogens with zero attached hydrogens (tertiary/aromatic N) is 2. The molecular formula is C14H19N3O. The molecule has 18 heavy (non-hydrogen) atoms. The van der Waals surface area contributed by atoms with Crippen molar-refractivity contribution in [3.8, 4) is 5.75 Å². The second-order valence-electron chi connectivity index (χ2n) is 4.48. The second-order valence-corrected chi connectivity index (χ2v) is 4.48. The maximum Gasteiger partial charge on any atom is 0.115 e. The molecule has 4 nitrogen and oxygen atoms in total. The lowest BCUT2D eigenvalue weighted by Gasteiger charge is -2.14. The number of phenolic OH excluding ortho intramolecular Hbond substituents is 1. The molecule has 0 saturated heterocycles. The van der Waals surface area contributed by atoms with E-state index in [4.69, 9.17) is 0 Å². The zero-order valence-electron chi connectivity index (χ0n) is 10.8. The molecule has 0 aliphatic carbocycles. The number of hydrogen-bond donors (Lipinski definition) is 2. The third kappa shape index (κ3) is 3.11. The van der Waals surface area contributed by atoms with Crippen molar-refractivity contribution in [3.05, 3.63) is 48.0 Å². The quantitative estimate of drug-likeness (QED) is 0.847. The van der Waals surface area contributed by atoms with Gasteiger partial charge in [0.05, 0.1) is 0 Å². The Morgan fingerprint density at radius 3 is 2.94 bits per heavy atom. The smallest absolute Gasteiger partial charge is 0.115 e. The Morgan fingerprint density at radius 1 is 1.44 bits per heavy atom. The van der Waals surface area contributed by atoms with Crippen molar-refractivity contribution in [2.75, 3.05) is 6.54 Å². The minimum atomic E-state index is 0.220. The number of rotatable bonds is 5. The average Bonchev–Trinajstić information content (AvgIpc) is 2.75. The van der Waals surface area contributed by atoms with E-state index in [-0.39, 0.29) is 6.04 Å². The van der Waals surface area contributed by atoms with Crippen LogP contribution in [0.3, 0.4) is 0 Å². The van der Waals surface area contributed by atoms with E-state index in [1.165, 1.54) is 0 Å². The molecular weight excluding hydrogens is 226 g/mol. The summed E-state index contributed by atoms with van der Waals surface area (Å²) in [6.07, 6.45) is 4.66. The average molecular weight is 245 g/mol. The fourth-order valence-corrected chi connectivity index (χ4v) is 1.95. The van der Waals surface area contributed by atoms with Gasteiger partial charge in [0.2, 0.25) is 0 Å². The molecule has 0 saturated carbocycles. The van der Waals surface area contributed by atoms with Gasteiger partial charge in [-0.15, -0.1) is 0 Å². The van der Waals surface area contributed by atoms with Gasteiger partial charge in [0, 0.05) is 38.4 Å². The van der Waals surface area contributed by atoms with E-state index >= 15 is 0 Å². The fraction of sp³-hybridized carbons (Fsp3) is 0.357. The molecule has 0 aliphatic rings. The van der Waals surface area contributed by atoms with Crippen LogP contribution in [0.15, 0.2) is 36.7 Å². The minimum absolute atomic E-state index is 0.220. The van der Waals surface area contributed by atoms with Gasteiger partial charge in [-0.1, -0.05) is 12.1 Å². The van der Waals surface area contributed by atoms with Crippen LogP contribution in [0.5, 0.6) is 5.75 Å². The molecule has 2 rings (SSSR count). The highest BCUT2D eigenvalue weighted by Gasteiger charge is 2.06. The van der Waals surface area contributed by atoms with Crippen molar-refractivity contribution >= 4 is 0 Å². The molecule has 2 aromatic rings. The standard InChI is InChI=1S/C14H19N3O/c1-11(12-4-3-5-13(18)10-12)15-7-6-14-16-8-9-17(14)2/h3-5,8-11,15,18H,6-7H2,1-2H3. The molecule has 1 aromatic heterocycles. The van der Waals surface area contributed by atoms with E-state index < -0.39 is 0 Å². The first-order valence-corrected chi connectivity index (χ1v) is 6.15. The summed E-state index contributed by atoms with van der Waals surface area (Å²) in [4.78, 5) is 4.28. The predicted octanol–water partition coefficient (Wildman–Crippen LogP) is 2.02. The Bertz CT molecular complexity index is 507. The van der Waals surface area contributed by atoms with Gasteiger partial charge in [0.25, 0.3) is 0 Å². The van der Waals surface area contributed by atoms with Crippen LogP contribution < -0.4 is 5.32 Å². The molecule has 0 radical (unpaired) electrons. The van der Waals surface area contributed by atoms with Gasteiger partial charge in [-0.2, -0.15) is 0 Å². The maximum absolute atomic E-state index is 9.43. The van der Waals surface area contributed by atoms with Crippen LogP contribution in [-0.4, -0.2) is 21.2 Å². The molecule has 0 fully saturated rings. The largest absolute Gasteiger partial charge is 0.508 e. The normalized spacial score (nSPS) is 12.6. The van der Waals surface area contributed by atoms with Gasteiger partial charge in [-0.05, 0) is 24.6 Å². The molecule has 0 spiro atoms. The second kappa shape index (κ2) is 5.69. The fourth-order valence-electron chi connectivity index (χ4n) is 1.95. The molecule has 1 unspecified atom stereocenters. The first-order valence-electron chi connectivity index (χ1n) is 6.15. The number of imidazole rings is 1. The predicted molar refractivity (Wildman–Crippen MR) is 71.4 cm³/mol. The maximum atomic E-state index is 9.43. The highest BCUT2D eigenvalue weighted by Crippen LogP contribution is 2.17. The van der Waals surface area contributed by atoms with E-state index in [1.54, 1.807) is 12.1 Å². The van der Waals surface area contributed by atoms with Crippen LogP contribution in [0.2, 0.25) is 0 Å². The van der Waals surface area contributed by atoms with Crippen molar-refractivity contribution in [2.24, 2.45) is 7.05 Å². The van der Waals surface area contributed by atoms with Gasteiger partial charge < -0.3 is 15.0 Å². The molecule has 2 N–H and O–H groups in total. The zero-order valence-corrected chi connectivity index (χ0v) is 10.8. The third-order valence-corrected chi connectivity index (χ3v) is 3.09. The summed E-state index contributed by atoms with van der Waals surface area (Å²) in [7, 11) is 2.00. The third-order valence-electron chi connectivity index (χ3n) is 3.09. The first kappa shape index (κ1) is 12.6. The lowest BCUT2D eigenvalue weighted by molar-refractivity contribution is 0.472. The Kier molecular flexibility index (Phi) is 3.99. The summed E-state index contributed by atoms with van der Waals surface area (Å²) in [6.45, 7) is 2.95. The van der Waals surface area contributed by atoms with E-state index in [1.807, 2.05) is 36.1 Å². The molecule has 96 valence electrons. The van der Waals surface area contributed by atoms with Gasteiger partial charge in [-0.25, -0.2) is 4.98 Å². The highest BCUT2D eigenvalue weighted by atomic mass is 16.3. The van der Waals surface area contributed by atoms with Crippen molar-refractivity contribution in [2.45, 2.75) is 19.4 Å². The Hall–Kier alpha value is -1.81. The molecule has 0 amide bonds. The lowest BCUT2D eigenvalue weighted by atomic mass is 10.1. The van der Waals surface area contributed by atoms with Crippen LogP contribution >= 0.6 is 0 Å². The van der Waals surface area contributed by atoms with Crippen LogP contribution in [-0.2, 0) is 13.5 Å². The monoisotopic (exact) mass is 245 g/mol. The van der Waals surface area contributed by atoms with E-state index in [0.717, 1.165) is 24.4 Å².